The Bertz CT molecular complexity index is 1860. The van der Waals surface area contributed by atoms with Crippen molar-refractivity contribution in [2.24, 2.45) is 9.98 Å². The number of nitrogens with one attached hydrogen (secondary N) is 1. The Morgan fingerprint density at radius 1 is 0.922 bits per heavy atom. The minimum absolute atomic E-state index is 0.0196. The Hall–Kier alpha value is -4.22. The fourth-order valence-corrected chi connectivity index (χ4v) is 7.13. The Morgan fingerprint density at radius 2 is 1.59 bits per heavy atom. The number of benzene rings is 3. The molecule has 0 aliphatic carbocycles. The summed E-state index contributed by atoms with van der Waals surface area (Å²) in [5.41, 5.74) is 2.49. The number of ether oxygens (including phenoxy) is 1. The molecule has 0 unspecified atom stereocenters. The summed E-state index contributed by atoms with van der Waals surface area (Å²) in [4.78, 5) is 38.4. The number of anilines is 2. The van der Waals surface area contributed by atoms with Crippen molar-refractivity contribution in [2.75, 3.05) is 37.5 Å². The van der Waals surface area contributed by atoms with Gasteiger partial charge in [0, 0.05) is 26.3 Å². The smallest absolute Gasteiger partial charge is 0.338 e. The zero-order valence-corrected chi connectivity index (χ0v) is 31.9. The predicted octanol–water partition coefficient (Wildman–Crippen LogP) is 9.26. The second-order valence-electron chi connectivity index (χ2n) is 12.8. The number of rotatable bonds is 18. The molecule has 4 rings (SSSR count). The fraction of sp³-hybridized carbons (Fsp3) is 0.436. The van der Waals surface area contributed by atoms with E-state index in [0.29, 0.717) is 12.3 Å². The molecule has 1 aliphatic heterocycles. The second-order valence-corrected chi connectivity index (χ2v) is 15.1. The van der Waals surface area contributed by atoms with E-state index in [-0.39, 0.29) is 38.4 Å². The van der Waals surface area contributed by atoms with Crippen LogP contribution in [0.15, 0.2) is 75.5 Å². The van der Waals surface area contributed by atoms with Gasteiger partial charge < -0.3 is 15.0 Å². The molecule has 0 saturated heterocycles. The van der Waals surface area contributed by atoms with E-state index < -0.39 is 21.9 Å². The lowest BCUT2D eigenvalue weighted by Gasteiger charge is -2.27. The third kappa shape index (κ3) is 10.4. The summed E-state index contributed by atoms with van der Waals surface area (Å²) >= 11 is 6.50. The number of amides is 1. The van der Waals surface area contributed by atoms with Crippen molar-refractivity contribution in [3.63, 3.8) is 0 Å². The first-order valence-corrected chi connectivity index (χ1v) is 19.6. The van der Waals surface area contributed by atoms with Gasteiger partial charge >= 0.3 is 5.97 Å². The number of halogens is 1. The molecule has 3 aromatic rings. The maximum Gasteiger partial charge on any atom is 0.338 e. The second kappa shape index (κ2) is 18.9. The first-order valence-electron chi connectivity index (χ1n) is 17.8. The van der Waals surface area contributed by atoms with Crippen LogP contribution in [0.1, 0.15) is 94.0 Å². The summed E-state index contributed by atoms with van der Waals surface area (Å²) < 4.78 is 33.6. The van der Waals surface area contributed by atoms with Gasteiger partial charge in [-0.1, -0.05) is 88.4 Å². The lowest BCUT2D eigenvalue weighted by atomic mass is 10.1. The van der Waals surface area contributed by atoms with Crippen molar-refractivity contribution in [1.29, 1.82) is 0 Å². The first-order chi connectivity index (χ1) is 24.5. The maximum atomic E-state index is 14.1. The number of sulfonamides is 1. The van der Waals surface area contributed by atoms with Gasteiger partial charge in [0.1, 0.15) is 4.90 Å². The average Bonchev–Trinajstić information content (AvgIpc) is 3.12. The highest BCUT2D eigenvalue weighted by atomic mass is 35.5. The Balaban J connectivity index is 1.53. The van der Waals surface area contributed by atoms with Crippen LogP contribution in [0.25, 0.3) is 0 Å². The van der Waals surface area contributed by atoms with Crippen molar-refractivity contribution >= 4 is 67.8 Å². The minimum atomic E-state index is -4.05. The Morgan fingerprint density at radius 3 is 2.25 bits per heavy atom. The molecule has 0 radical (unpaired) electrons. The molecule has 12 heteroatoms. The lowest BCUT2D eigenvalue weighted by molar-refractivity contribution is -0.110. The number of esters is 1. The van der Waals surface area contributed by atoms with Gasteiger partial charge in [0.2, 0.25) is 0 Å². The molecule has 1 N–H and O–H groups in total. The van der Waals surface area contributed by atoms with E-state index in [1.807, 2.05) is 33.0 Å². The van der Waals surface area contributed by atoms with Gasteiger partial charge in [-0.25, -0.2) is 23.2 Å². The summed E-state index contributed by atoms with van der Waals surface area (Å²) in [7, 11) is -0.747. The molecule has 0 saturated carbocycles. The van der Waals surface area contributed by atoms with Crippen LogP contribution >= 0.6 is 11.6 Å². The number of hydrogen-bond acceptors (Lipinski definition) is 8. The Labute approximate surface area is 308 Å². The van der Waals surface area contributed by atoms with Crippen LogP contribution in [0.5, 0.6) is 0 Å². The highest BCUT2D eigenvalue weighted by Gasteiger charge is 2.36. The molecule has 0 spiro atoms. The molecule has 1 amide bonds. The molecule has 1 heterocycles. The average molecular weight is 736 g/mol. The van der Waals surface area contributed by atoms with E-state index in [2.05, 4.69) is 27.1 Å². The molecule has 1 aliphatic rings. The third-order valence-corrected chi connectivity index (χ3v) is 11.1. The zero-order chi connectivity index (χ0) is 37.0. The molecule has 274 valence electrons. The van der Waals surface area contributed by atoms with Gasteiger partial charge in [0.25, 0.3) is 15.9 Å². The fourth-order valence-electron chi connectivity index (χ4n) is 5.69. The standard InChI is InChI=1S/C39H50ClN5O5S/c1-6-8-9-10-11-12-13-14-15-18-25-50-39(47)29-21-23-31(40)34(27-29)43-38(46)36(41-32-24-22-30(26-28(32)3)44(4)7-2)37-42-33-19-16-17-20-35(33)51(48,49)45(37)5/h16-17,19-24,26-27H,6-15,18,25H2,1-5H3,(H,43,46). The number of amidine groups is 1. The van der Waals surface area contributed by atoms with Crippen molar-refractivity contribution in [2.45, 2.75) is 89.9 Å². The number of carbonyl (C=O) groups excluding carboxylic acids is 2. The quantitative estimate of drug-likeness (QED) is 0.0790. The number of para-hydroxylation sites is 1. The van der Waals surface area contributed by atoms with Gasteiger partial charge in [-0.3, -0.25) is 9.10 Å². The Kier molecular flexibility index (Phi) is 14.6. The lowest BCUT2D eigenvalue weighted by Crippen LogP contribution is -2.44. The van der Waals surface area contributed by atoms with Gasteiger partial charge in [-0.15, -0.1) is 0 Å². The summed E-state index contributed by atoms with van der Waals surface area (Å²) in [5, 5.41) is 2.92. The highest BCUT2D eigenvalue weighted by Crippen LogP contribution is 2.33. The molecular formula is C39H50ClN5O5S. The monoisotopic (exact) mass is 735 g/mol. The minimum Gasteiger partial charge on any atom is -0.462 e. The van der Waals surface area contributed by atoms with Gasteiger partial charge in [-0.2, -0.15) is 0 Å². The molecule has 0 bridgehead atoms. The molecule has 0 aromatic heterocycles. The van der Waals surface area contributed by atoms with Crippen molar-refractivity contribution in [3.8, 4) is 0 Å². The number of aryl methyl sites for hydroxylation is 1. The van der Waals surface area contributed by atoms with E-state index in [9.17, 15) is 18.0 Å². The molecule has 0 fully saturated rings. The van der Waals surface area contributed by atoms with Gasteiger partial charge in [0.15, 0.2) is 11.5 Å². The first kappa shape index (κ1) is 39.6. The van der Waals surface area contributed by atoms with Crippen molar-refractivity contribution < 1.29 is 22.7 Å². The third-order valence-electron chi connectivity index (χ3n) is 8.96. The van der Waals surface area contributed by atoms with Crippen LogP contribution in [0, 0.1) is 6.92 Å². The number of nitrogens with zero attached hydrogens (tertiary/aromatic N) is 4. The van der Waals surface area contributed by atoms with Crippen molar-refractivity contribution in [3.05, 3.63) is 76.8 Å². The predicted molar refractivity (Wildman–Crippen MR) is 208 cm³/mol. The number of fused-ring (bicyclic) bond motifs is 1. The molecule has 10 nitrogen and oxygen atoms in total. The SMILES string of the molecule is CCCCCCCCCCCCOC(=O)c1ccc(Cl)c(NC(=O)C(=Nc2ccc(N(C)CC)cc2C)C2=Nc3ccccc3S(=O)(=O)N2C)c1. The van der Waals surface area contributed by atoms with Crippen LogP contribution in [0.4, 0.5) is 22.7 Å². The van der Waals surface area contributed by atoms with E-state index in [0.717, 1.165) is 41.4 Å². The van der Waals surface area contributed by atoms with Gasteiger partial charge in [0.05, 0.1) is 34.3 Å². The summed E-state index contributed by atoms with van der Waals surface area (Å²) in [6.07, 6.45) is 11.8. The number of unbranched alkanes of at least 4 members (excludes halogenated alkanes) is 9. The topological polar surface area (TPSA) is 121 Å². The van der Waals surface area contributed by atoms with E-state index in [4.69, 9.17) is 16.3 Å². The highest BCUT2D eigenvalue weighted by molar-refractivity contribution is 7.90. The van der Waals surface area contributed by atoms with E-state index in [1.54, 1.807) is 24.3 Å². The normalized spacial score (nSPS) is 13.7. The molecule has 3 aromatic carbocycles. The van der Waals surface area contributed by atoms with Crippen molar-refractivity contribution in [1.82, 2.24) is 4.31 Å². The summed E-state index contributed by atoms with van der Waals surface area (Å²) in [5.74, 6) is -1.45. The van der Waals surface area contributed by atoms with Crippen LogP contribution in [0.3, 0.4) is 0 Å². The zero-order valence-electron chi connectivity index (χ0n) is 30.4. The molecular weight excluding hydrogens is 686 g/mol. The molecule has 51 heavy (non-hydrogen) atoms. The summed E-state index contributed by atoms with van der Waals surface area (Å²) in [6.45, 7) is 7.21. The largest absolute Gasteiger partial charge is 0.462 e. The molecule has 0 atom stereocenters. The van der Waals surface area contributed by atoms with E-state index in [1.165, 1.54) is 76.3 Å². The van der Waals surface area contributed by atoms with Crippen LogP contribution in [-0.4, -0.2) is 63.4 Å². The van der Waals surface area contributed by atoms with Crippen LogP contribution in [0.2, 0.25) is 5.02 Å². The van der Waals surface area contributed by atoms with Gasteiger partial charge in [-0.05, 0) is 74.4 Å². The number of aliphatic imine (C=N–C) groups is 2. The van der Waals surface area contributed by atoms with Crippen LogP contribution in [-0.2, 0) is 19.6 Å². The number of hydrogen-bond donors (Lipinski definition) is 1. The van der Waals surface area contributed by atoms with E-state index >= 15 is 0 Å². The number of carbonyl (C=O) groups is 2. The van der Waals surface area contributed by atoms with Crippen LogP contribution < -0.4 is 10.2 Å². The summed E-state index contributed by atoms with van der Waals surface area (Å²) in [6, 6.07) is 16.4. The maximum absolute atomic E-state index is 14.1.